The molecular weight excluding hydrogens is 258 g/mol. The van der Waals surface area contributed by atoms with Crippen molar-refractivity contribution in [3.8, 4) is 0 Å². The van der Waals surface area contributed by atoms with Gasteiger partial charge in [0.2, 0.25) is 0 Å². The first kappa shape index (κ1) is 21.7. The molecule has 5 heteroatoms. The van der Waals surface area contributed by atoms with Crippen LogP contribution in [0.5, 0.6) is 0 Å². The molecule has 0 aromatic rings. The maximum atomic E-state index is 7.17. The molecule has 0 radical (unpaired) electrons. The van der Waals surface area contributed by atoms with Crippen molar-refractivity contribution in [2.45, 2.75) is 84.0 Å². The van der Waals surface area contributed by atoms with Crippen LogP contribution in [0.3, 0.4) is 0 Å². The fourth-order valence-corrected chi connectivity index (χ4v) is 2.27. The van der Waals surface area contributed by atoms with Crippen molar-refractivity contribution in [1.82, 2.24) is 0 Å². The lowest BCUT2D eigenvalue weighted by Crippen LogP contribution is -2.07. The zero-order valence-electron chi connectivity index (χ0n) is 12.7. The van der Waals surface area contributed by atoms with E-state index in [-0.39, 0.29) is 0 Å². The summed E-state index contributed by atoms with van der Waals surface area (Å²) >= 11 is 0. The Morgan fingerprint density at radius 3 is 1.16 bits per heavy atom. The molecule has 0 rings (SSSR count). The van der Waals surface area contributed by atoms with Crippen LogP contribution in [-0.4, -0.2) is 28.6 Å². The van der Waals surface area contributed by atoms with Crippen LogP contribution in [0.1, 0.15) is 84.0 Å². The fourth-order valence-electron chi connectivity index (χ4n) is 1.99. The monoisotopic (exact) mass is 292 g/mol. The Bertz CT molecular complexity index is 134. The molecule has 1 atom stereocenters. The van der Waals surface area contributed by atoms with Gasteiger partial charge in [-0.05, 0) is 12.6 Å². The largest absolute Gasteiger partial charge is 0.631 e. The Labute approximate surface area is 122 Å². The summed E-state index contributed by atoms with van der Waals surface area (Å²) in [6.45, 7) is 2.29. The minimum absolute atomic E-state index is 1.29. The van der Waals surface area contributed by atoms with Gasteiger partial charge in [0.25, 0.3) is 0 Å². The molecule has 0 saturated carbocycles. The molecule has 19 heavy (non-hydrogen) atoms. The van der Waals surface area contributed by atoms with Crippen LogP contribution in [-0.2, 0) is 0 Å². The Kier molecular flexibility index (Phi) is 23.6. The summed E-state index contributed by atoms with van der Waals surface area (Å²) in [6, 6.07) is 0. The van der Waals surface area contributed by atoms with Gasteiger partial charge in [-0.15, -0.1) is 9.24 Å². The summed E-state index contributed by atoms with van der Waals surface area (Å²) in [6.07, 6.45) is 18.7. The topological polar surface area (TPSA) is 60.7 Å². The molecular formula is C14H34BO3P. The molecule has 0 aromatic carbocycles. The number of hydrogen-bond donors (Lipinski definition) is 3. The molecule has 0 aliphatic rings. The van der Waals surface area contributed by atoms with Gasteiger partial charge >= 0.3 is 7.32 Å². The number of unbranched alkanes of at least 4 members (excludes halogenated alkanes) is 11. The van der Waals surface area contributed by atoms with E-state index in [1.165, 1.54) is 83.2 Å². The molecule has 0 heterocycles. The first-order valence-electron chi connectivity index (χ1n) is 7.89. The molecule has 0 fully saturated rings. The second-order valence-electron chi connectivity index (χ2n) is 5.02. The van der Waals surface area contributed by atoms with Gasteiger partial charge in [-0.1, -0.05) is 77.6 Å². The summed E-state index contributed by atoms with van der Waals surface area (Å²) in [5.41, 5.74) is 0. The van der Waals surface area contributed by atoms with Crippen molar-refractivity contribution in [1.29, 1.82) is 0 Å². The van der Waals surface area contributed by atoms with E-state index in [2.05, 4.69) is 16.2 Å². The molecule has 3 N–H and O–H groups in total. The van der Waals surface area contributed by atoms with Gasteiger partial charge in [-0.2, -0.15) is 0 Å². The smallest absolute Gasteiger partial charge is 0.402 e. The molecule has 0 bridgehead atoms. The third-order valence-electron chi connectivity index (χ3n) is 3.06. The van der Waals surface area contributed by atoms with Gasteiger partial charge in [-0.3, -0.25) is 0 Å². The van der Waals surface area contributed by atoms with Crippen LogP contribution < -0.4 is 0 Å². The third-order valence-corrected chi connectivity index (χ3v) is 3.47. The Morgan fingerprint density at radius 2 is 0.895 bits per heavy atom. The van der Waals surface area contributed by atoms with Gasteiger partial charge in [0.05, 0.1) is 0 Å². The first-order valence-corrected chi connectivity index (χ1v) is 8.71. The minimum Gasteiger partial charge on any atom is -0.402 e. The SMILES string of the molecule is CCCCCCCCCCCCCCP.OB(O)O. The van der Waals surface area contributed by atoms with E-state index in [1.807, 2.05) is 0 Å². The highest BCUT2D eigenvalue weighted by Crippen LogP contribution is 2.11. The molecule has 0 spiro atoms. The van der Waals surface area contributed by atoms with E-state index in [9.17, 15) is 0 Å². The highest BCUT2D eigenvalue weighted by atomic mass is 31.0. The van der Waals surface area contributed by atoms with Gasteiger partial charge in [0.1, 0.15) is 0 Å². The van der Waals surface area contributed by atoms with E-state index in [0.717, 1.165) is 0 Å². The highest BCUT2D eigenvalue weighted by molar-refractivity contribution is 7.16. The van der Waals surface area contributed by atoms with Crippen molar-refractivity contribution in [3.05, 3.63) is 0 Å². The lowest BCUT2D eigenvalue weighted by Gasteiger charge is -2.01. The van der Waals surface area contributed by atoms with Gasteiger partial charge in [0.15, 0.2) is 0 Å². The maximum absolute atomic E-state index is 7.17. The predicted octanol–water partition coefficient (Wildman–Crippen LogP) is 3.51. The zero-order valence-corrected chi connectivity index (χ0v) is 13.8. The second kappa shape index (κ2) is 20.7. The quantitative estimate of drug-likeness (QED) is 0.293. The first-order chi connectivity index (χ1) is 9.15. The molecule has 0 aromatic heterocycles. The molecule has 1 unspecified atom stereocenters. The zero-order chi connectivity index (χ0) is 14.8. The van der Waals surface area contributed by atoms with E-state index >= 15 is 0 Å². The number of hydrogen-bond acceptors (Lipinski definition) is 3. The summed E-state index contributed by atoms with van der Waals surface area (Å²) in [7, 11) is 0.648. The van der Waals surface area contributed by atoms with E-state index < -0.39 is 7.32 Å². The summed E-state index contributed by atoms with van der Waals surface area (Å²) in [5, 5.41) is 21.5. The van der Waals surface area contributed by atoms with Crippen LogP contribution in [0.4, 0.5) is 0 Å². The van der Waals surface area contributed by atoms with Gasteiger partial charge in [0, 0.05) is 0 Å². The minimum atomic E-state index is -2.17. The van der Waals surface area contributed by atoms with Crippen LogP contribution >= 0.6 is 9.24 Å². The van der Waals surface area contributed by atoms with Crippen LogP contribution in [0.25, 0.3) is 0 Å². The molecule has 3 nitrogen and oxygen atoms in total. The lowest BCUT2D eigenvalue weighted by atomic mass is 10.1. The summed E-state index contributed by atoms with van der Waals surface area (Å²) < 4.78 is 0. The molecule has 0 amide bonds. The Balaban J connectivity index is 0. The summed E-state index contributed by atoms with van der Waals surface area (Å²) in [5.74, 6) is 0. The fraction of sp³-hybridized carbons (Fsp3) is 1.00. The highest BCUT2D eigenvalue weighted by Gasteiger charge is 1.93. The predicted molar refractivity (Wildman–Crippen MR) is 88.1 cm³/mol. The van der Waals surface area contributed by atoms with Crippen molar-refractivity contribution in [3.63, 3.8) is 0 Å². The van der Waals surface area contributed by atoms with Crippen molar-refractivity contribution in [2.24, 2.45) is 0 Å². The molecule has 116 valence electrons. The maximum Gasteiger partial charge on any atom is 0.631 e. The van der Waals surface area contributed by atoms with Crippen LogP contribution in [0.15, 0.2) is 0 Å². The normalized spacial score (nSPS) is 9.95. The van der Waals surface area contributed by atoms with Crippen LogP contribution in [0.2, 0.25) is 0 Å². The van der Waals surface area contributed by atoms with Crippen molar-refractivity contribution >= 4 is 16.6 Å². The molecule has 0 saturated heterocycles. The number of rotatable bonds is 12. The van der Waals surface area contributed by atoms with Crippen molar-refractivity contribution < 1.29 is 15.1 Å². The van der Waals surface area contributed by atoms with Gasteiger partial charge in [-0.25, -0.2) is 0 Å². The molecule has 0 aliphatic heterocycles. The second-order valence-corrected chi connectivity index (χ2v) is 5.60. The summed E-state index contributed by atoms with van der Waals surface area (Å²) in [4.78, 5) is 0. The van der Waals surface area contributed by atoms with Crippen LogP contribution in [0, 0.1) is 0 Å². The van der Waals surface area contributed by atoms with E-state index in [1.54, 1.807) is 0 Å². The Morgan fingerprint density at radius 1 is 0.632 bits per heavy atom. The van der Waals surface area contributed by atoms with E-state index in [4.69, 9.17) is 15.1 Å². The average Bonchev–Trinajstić information content (AvgIpc) is 2.35. The van der Waals surface area contributed by atoms with E-state index in [0.29, 0.717) is 0 Å². The third kappa shape index (κ3) is 32.2. The Hall–Kier alpha value is 0.375. The molecule has 0 aliphatic carbocycles. The van der Waals surface area contributed by atoms with Gasteiger partial charge < -0.3 is 15.1 Å². The standard InChI is InChI=1S/C14H31P.BH3O3/c1-2-3-4-5-6-7-8-9-10-11-12-13-14-15;2-1(3)4/h2-15H2,1H3;2-4H. The lowest BCUT2D eigenvalue weighted by molar-refractivity contribution is 0.278. The average molecular weight is 292 g/mol. The van der Waals surface area contributed by atoms with Crippen molar-refractivity contribution in [2.75, 3.05) is 6.16 Å².